The van der Waals surface area contributed by atoms with E-state index in [4.69, 9.17) is 5.73 Å². The molecule has 0 aliphatic heterocycles. The van der Waals surface area contributed by atoms with Gasteiger partial charge in [0.1, 0.15) is 11.5 Å². The van der Waals surface area contributed by atoms with Gasteiger partial charge in [0.05, 0.1) is 11.3 Å². The van der Waals surface area contributed by atoms with Gasteiger partial charge in [0.15, 0.2) is 0 Å². The average molecular weight is 332 g/mol. The van der Waals surface area contributed by atoms with Gasteiger partial charge in [-0.1, -0.05) is 32.9 Å². The zero-order chi connectivity index (χ0) is 17.6. The number of aliphatic imine (C=N–C) groups is 1. The summed E-state index contributed by atoms with van der Waals surface area (Å²) in [6.07, 6.45) is -0.171. The minimum atomic E-state index is -2.69. The number of benzene rings is 1. The predicted molar refractivity (Wildman–Crippen MR) is 91.0 cm³/mol. The molecule has 3 rings (SSSR count). The molecule has 0 bridgehead atoms. The summed E-state index contributed by atoms with van der Waals surface area (Å²) < 4.78 is 27.6. The van der Waals surface area contributed by atoms with Crippen molar-refractivity contribution >= 4 is 11.5 Å². The third-order valence-corrected chi connectivity index (χ3v) is 4.70. The quantitative estimate of drug-likeness (QED) is 0.677. The number of aromatic nitrogens is 2. The van der Waals surface area contributed by atoms with Gasteiger partial charge in [-0.15, -0.1) is 0 Å². The topological polar surface area (TPSA) is 56.2 Å². The summed E-state index contributed by atoms with van der Waals surface area (Å²) in [6, 6.07) is 5.95. The van der Waals surface area contributed by atoms with Crippen molar-refractivity contribution in [1.82, 2.24) is 9.78 Å². The van der Waals surface area contributed by atoms with E-state index in [1.807, 2.05) is 12.1 Å². The summed E-state index contributed by atoms with van der Waals surface area (Å²) in [5.74, 6) is 0.426. The van der Waals surface area contributed by atoms with E-state index in [1.165, 1.54) is 16.4 Å². The van der Waals surface area contributed by atoms with Crippen LogP contribution in [0.25, 0.3) is 0 Å². The lowest BCUT2D eigenvalue weighted by Gasteiger charge is -2.18. The Kier molecular flexibility index (Phi) is 3.94. The molecule has 0 saturated heterocycles. The molecular weight excluding hydrogens is 310 g/mol. The highest BCUT2D eigenvalue weighted by atomic mass is 19.3. The van der Waals surface area contributed by atoms with Crippen molar-refractivity contribution in [2.45, 2.75) is 45.0 Å². The summed E-state index contributed by atoms with van der Waals surface area (Å²) in [5.41, 5.74) is 9.16. The van der Waals surface area contributed by atoms with E-state index in [0.717, 1.165) is 17.7 Å². The Morgan fingerprint density at radius 1 is 1.42 bits per heavy atom. The van der Waals surface area contributed by atoms with Crippen molar-refractivity contribution in [1.29, 1.82) is 0 Å². The molecule has 24 heavy (non-hydrogen) atoms. The lowest BCUT2D eigenvalue weighted by molar-refractivity contribution is 0.145. The molecule has 0 saturated carbocycles. The van der Waals surface area contributed by atoms with Gasteiger partial charge >= 0.3 is 0 Å². The van der Waals surface area contributed by atoms with Crippen molar-refractivity contribution in [2.75, 3.05) is 0 Å². The first kappa shape index (κ1) is 16.6. The van der Waals surface area contributed by atoms with Gasteiger partial charge in [-0.3, -0.25) is 4.68 Å². The SMILES string of the molecule is CC1CC(C)(C)c2cccc(N=C(N)c3cn(C)nc3C(F)F)c21. The molecule has 0 spiro atoms. The fourth-order valence-electron chi connectivity index (χ4n) is 3.79. The molecule has 1 unspecified atom stereocenters. The van der Waals surface area contributed by atoms with Gasteiger partial charge in [-0.05, 0) is 34.9 Å². The molecule has 0 radical (unpaired) electrons. The van der Waals surface area contributed by atoms with Crippen LogP contribution in [0, 0.1) is 0 Å². The third kappa shape index (κ3) is 2.70. The van der Waals surface area contributed by atoms with Crippen LogP contribution in [0.3, 0.4) is 0 Å². The standard InChI is InChI=1S/C18H22F2N4/c1-10-8-18(2,3)12-6-5-7-13(14(10)12)22-17(21)11-9-24(4)23-15(11)16(19)20/h5-7,9-10,16H,8H2,1-4H3,(H2,21,22). The van der Waals surface area contributed by atoms with Crippen molar-refractivity contribution in [2.24, 2.45) is 17.8 Å². The number of nitrogens with zero attached hydrogens (tertiary/aromatic N) is 3. The second-order valence-corrected chi connectivity index (χ2v) is 7.13. The zero-order valence-electron chi connectivity index (χ0n) is 14.3. The molecule has 1 aliphatic carbocycles. The minimum absolute atomic E-state index is 0.0729. The van der Waals surface area contributed by atoms with Crippen LogP contribution in [0.2, 0.25) is 0 Å². The summed E-state index contributed by atoms with van der Waals surface area (Å²) in [7, 11) is 1.59. The first-order chi connectivity index (χ1) is 11.2. The monoisotopic (exact) mass is 332 g/mol. The van der Waals surface area contributed by atoms with Gasteiger partial charge in [-0.25, -0.2) is 13.8 Å². The number of alkyl halides is 2. The maximum absolute atomic E-state index is 13.1. The van der Waals surface area contributed by atoms with E-state index in [1.54, 1.807) is 7.05 Å². The highest BCUT2D eigenvalue weighted by molar-refractivity contribution is 6.00. The van der Waals surface area contributed by atoms with Crippen LogP contribution in [0.4, 0.5) is 14.5 Å². The molecule has 2 N–H and O–H groups in total. The lowest BCUT2D eigenvalue weighted by Crippen LogP contribution is -2.15. The Labute approximate surface area is 140 Å². The molecule has 1 aromatic carbocycles. The molecular formula is C18H22F2N4. The number of hydrogen-bond donors (Lipinski definition) is 1. The van der Waals surface area contributed by atoms with Crippen LogP contribution in [0.1, 0.15) is 61.9 Å². The van der Waals surface area contributed by atoms with Crippen molar-refractivity contribution in [3.63, 3.8) is 0 Å². The number of halogens is 2. The van der Waals surface area contributed by atoms with Gasteiger partial charge in [0.25, 0.3) is 6.43 Å². The highest BCUT2D eigenvalue weighted by Gasteiger charge is 2.36. The maximum Gasteiger partial charge on any atom is 0.282 e. The van der Waals surface area contributed by atoms with Crippen molar-refractivity contribution in [3.05, 3.63) is 46.8 Å². The molecule has 1 heterocycles. The Morgan fingerprint density at radius 3 is 2.79 bits per heavy atom. The number of hydrogen-bond acceptors (Lipinski definition) is 2. The molecule has 6 heteroatoms. The number of fused-ring (bicyclic) bond motifs is 1. The molecule has 1 aromatic heterocycles. The summed E-state index contributed by atoms with van der Waals surface area (Å²) >= 11 is 0. The van der Waals surface area contributed by atoms with Gasteiger partial charge in [0, 0.05) is 13.2 Å². The fourth-order valence-corrected chi connectivity index (χ4v) is 3.79. The Hall–Kier alpha value is -2.24. The van der Waals surface area contributed by atoms with E-state index in [9.17, 15) is 8.78 Å². The molecule has 1 aliphatic rings. The summed E-state index contributed by atoms with van der Waals surface area (Å²) in [6.45, 7) is 6.59. The number of amidine groups is 1. The van der Waals surface area contributed by atoms with E-state index >= 15 is 0 Å². The Balaban J connectivity index is 2.09. The van der Waals surface area contributed by atoms with Crippen LogP contribution in [-0.4, -0.2) is 15.6 Å². The molecule has 128 valence electrons. The first-order valence-corrected chi connectivity index (χ1v) is 8.00. The van der Waals surface area contributed by atoms with Crippen molar-refractivity contribution in [3.8, 4) is 0 Å². The van der Waals surface area contributed by atoms with E-state index in [-0.39, 0.29) is 22.5 Å². The normalized spacial score (nSPS) is 19.8. The zero-order valence-corrected chi connectivity index (χ0v) is 14.3. The maximum atomic E-state index is 13.1. The van der Waals surface area contributed by atoms with Crippen LogP contribution >= 0.6 is 0 Å². The minimum Gasteiger partial charge on any atom is -0.383 e. The smallest absolute Gasteiger partial charge is 0.282 e. The molecule has 0 amide bonds. The average Bonchev–Trinajstić information content (AvgIpc) is 2.98. The van der Waals surface area contributed by atoms with Crippen molar-refractivity contribution < 1.29 is 8.78 Å². The lowest BCUT2D eigenvalue weighted by atomic mass is 9.86. The van der Waals surface area contributed by atoms with Gasteiger partial charge in [-0.2, -0.15) is 5.10 Å². The number of rotatable bonds is 3. The summed E-state index contributed by atoms with van der Waals surface area (Å²) in [4.78, 5) is 4.48. The van der Waals surface area contributed by atoms with Crippen LogP contribution in [0.5, 0.6) is 0 Å². The molecule has 2 aromatic rings. The van der Waals surface area contributed by atoms with E-state index in [0.29, 0.717) is 5.92 Å². The van der Waals surface area contributed by atoms with Gasteiger partial charge in [0.2, 0.25) is 0 Å². The number of nitrogens with two attached hydrogens (primary N) is 1. The van der Waals surface area contributed by atoms with Crippen LogP contribution in [0.15, 0.2) is 29.4 Å². The molecule has 1 atom stereocenters. The second-order valence-electron chi connectivity index (χ2n) is 7.13. The first-order valence-electron chi connectivity index (χ1n) is 8.00. The molecule has 0 fully saturated rings. The Morgan fingerprint density at radius 2 is 2.12 bits per heavy atom. The largest absolute Gasteiger partial charge is 0.383 e. The summed E-state index contributed by atoms with van der Waals surface area (Å²) in [5, 5.41) is 3.79. The fraction of sp³-hybridized carbons (Fsp3) is 0.444. The Bertz CT molecular complexity index is 805. The molecule has 4 nitrogen and oxygen atoms in total. The number of aryl methyl sites for hydroxylation is 1. The third-order valence-electron chi connectivity index (χ3n) is 4.70. The van der Waals surface area contributed by atoms with Crippen LogP contribution < -0.4 is 5.73 Å². The predicted octanol–water partition coefficient (Wildman–Crippen LogP) is 4.18. The van der Waals surface area contributed by atoms with Crippen LogP contribution in [-0.2, 0) is 12.5 Å². The van der Waals surface area contributed by atoms with E-state index < -0.39 is 6.43 Å². The van der Waals surface area contributed by atoms with Gasteiger partial charge < -0.3 is 5.73 Å². The second kappa shape index (κ2) is 5.69. The van der Waals surface area contributed by atoms with E-state index in [2.05, 4.69) is 36.9 Å². The highest BCUT2D eigenvalue weighted by Crippen LogP contribution is 2.49.